The summed E-state index contributed by atoms with van der Waals surface area (Å²) in [6, 6.07) is 10.3. The Morgan fingerprint density at radius 3 is 2.81 bits per heavy atom. The van der Waals surface area contributed by atoms with E-state index in [2.05, 4.69) is 52.2 Å². The van der Waals surface area contributed by atoms with Crippen molar-refractivity contribution in [3.63, 3.8) is 0 Å². The van der Waals surface area contributed by atoms with Crippen molar-refractivity contribution in [2.45, 2.75) is 32.7 Å². The minimum atomic E-state index is 0.180. The van der Waals surface area contributed by atoms with Crippen LogP contribution in [0, 0.1) is 6.92 Å². The second kappa shape index (κ2) is 7.92. The molecule has 1 aromatic carbocycles. The normalized spacial score (nSPS) is 12.4. The van der Waals surface area contributed by atoms with Gasteiger partial charge in [-0.3, -0.25) is 4.98 Å². The zero-order valence-corrected chi connectivity index (χ0v) is 14.7. The molecule has 1 N–H and O–H groups in total. The highest BCUT2D eigenvalue weighted by Crippen LogP contribution is 2.28. The lowest BCUT2D eigenvalue weighted by molar-refractivity contribution is 0.523. The lowest BCUT2D eigenvalue weighted by atomic mass is 9.99. The van der Waals surface area contributed by atoms with E-state index >= 15 is 0 Å². The molecule has 1 aromatic heterocycles. The first-order valence-electron chi connectivity index (χ1n) is 7.20. The summed E-state index contributed by atoms with van der Waals surface area (Å²) in [4.78, 5) is 4.51. The van der Waals surface area contributed by atoms with Crippen molar-refractivity contribution in [3.8, 4) is 0 Å². The monoisotopic (exact) mass is 366 g/mol. The zero-order chi connectivity index (χ0) is 15.2. The molecule has 0 spiro atoms. The minimum absolute atomic E-state index is 0.180. The summed E-state index contributed by atoms with van der Waals surface area (Å²) < 4.78 is 1.000. The van der Waals surface area contributed by atoms with Gasteiger partial charge in [0.1, 0.15) is 0 Å². The molecule has 0 saturated carbocycles. The van der Waals surface area contributed by atoms with E-state index in [-0.39, 0.29) is 6.04 Å². The fraction of sp³-hybridized carbons (Fsp3) is 0.353. The topological polar surface area (TPSA) is 24.9 Å². The molecule has 0 bridgehead atoms. The number of hydrogen-bond acceptors (Lipinski definition) is 2. The molecular formula is C17H20BrClN2. The van der Waals surface area contributed by atoms with Crippen LogP contribution in [-0.4, -0.2) is 11.5 Å². The average Bonchev–Trinajstić information content (AvgIpc) is 2.46. The number of rotatable bonds is 6. The van der Waals surface area contributed by atoms with E-state index in [9.17, 15) is 0 Å². The summed E-state index contributed by atoms with van der Waals surface area (Å²) in [6.45, 7) is 5.23. The summed E-state index contributed by atoms with van der Waals surface area (Å²) in [5, 5.41) is 4.37. The van der Waals surface area contributed by atoms with Gasteiger partial charge in [-0.25, -0.2) is 0 Å². The predicted molar refractivity (Wildman–Crippen MR) is 92.9 cm³/mol. The second-order valence-corrected chi connectivity index (χ2v) is 6.47. The molecule has 0 aliphatic carbocycles. The van der Waals surface area contributed by atoms with Gasteiger partial charge in [-0.1, -0.05) is 46.6 Å². The summed E-state index contributed by atoms with van der Waals surface area (Å²) in [7, 11) is 0. The molecule has 0 aliphatic rings. The molecule has 0 fully saturated rings. The third-order valence-electron chi connectivity index (χ3n) is 3.49. The summed E-state index contributed by atoms with van der Waals surface area (Å²) >= 11 is 9.88. The van der Waals surface area contributed by atoms with Gasteiger partial charge in [-0.05, 0) is 49.2 Å². The van der Waals surface area contributed by atoms with Gasteiger partial charge in [0, 0.05) is 33.8 Å². The minimum Gasteiger partial charge on any atom is -0.310 e. The third kappa shape index (κ3) is 4.53. The van der Waals surface area contributed by atoms with Crippen molar-refractivity contribution in [3.05, 3.63) is 62.8 Å². The predicted octanol–water partition coefficient (Wildman–Crippen LogP) is 5.09. The van der Waals surface area contributed by atoms with Gasteiger partial charge in [0.15, 0.2) is 0 Å². The van der Waals surface area contributed by atoms with Gasteiger partial charge in [-0.2, -0.15) is 0 Å². The fourth-order valence-corrected chi connectivity index (χ4v) is 3.13. The van der Waals surface area contributed by atoms with Crippen LogP contribution in [0.5, 0.6) is 0 Å². The van der Waals surface area contributed by atoms with Gasteiger partial charge in [0.25, 0.3) is 0 Å². The van der Waals surface area contributed by atoms with Gasteiger partial charge in [-0.15, -0.1) is 0 Å². The molecule has 1 atom stereocenters. The Hall–Kier alpha value is -0.900. The van der Waals surface area contributed by atoms with Crippen LogP contribution in [0.4, 0.5) is 0 Å². The molecule has 2 aromatic rings. The molecule has 0 amide bonds. The molecule has 2 nitrogen and oxygen atoms in total. The maximum absolute atomic E-state index is 6.42. The molecule has 21 heavy (non-hydrogen) atoms. The standard InChI is InChI=1S/C17H20BrClN2/c1-3-8-20-17(11-16-12(2)5-4-9-21-16)14-7-6-13(18)10-15(14)19/h4-7,9-10,17,20H,3,8,11H2,1-2H3. The molecule has 1 heterocycles. The summed E-state index contributed by atoms with van der Waals surface area (Å²) in [5.74, 6) is 0. The van der Waals surface area contributed by atoms with E-state index < -0.39 is 0 Å². The van der Waals surface area contributed by atoms with E-state index in [1.807, 2.05) is 24.4 Å². The van der Waals surface area contributed by atoms with Gasteiger partial charge in [0.2, 0.25) is 0 Å². The number of pyridine rings is 1. The van der Waals surface area contributed by atoms with Crippen LogP contribution in [0.15, 0.2) is 41.0 Å². The van der Waals surface area contributed by atoms with Crippen LogP contribution >= 0.6 is 27.5 Å². The van der Waals surface area contributed by atoms with E-state index in [1.165, 1.54) is 5.56 Å². The first-order valence-corrected chi connectivity index (χ1v) is 8.37. The fourth-order valence-electron chi connectivity index (χ4n) is 2.32. The van der Waals surface area contributed by atoms with Crippen LogP contribution in [0.3, 0.4) is 0 Å². The number of aryl methyl sites for hydroxylation is 1. The van der Waals surface area contributed by atoms with Gasteiger partial charge in [0.05, 0.1) is 0 Å². The average molecular weight is 368 g/mol. The Morgan fingerprint density at radius 1 is 1.33 bits per heavy atom. The lowest BCUT2D eigenvalue weighted by Gasteiger charge is -2.21. The SMILES string of the molecule is CCCNC(Cc1ncccc1C)c1ccc(Br)cc1Cl. The highest BCUT2D eigenvalue weighted by Gasteiger charge is 2.16. The van der Waals surface area contributed by atoms with Crippen molar-refractivity contribution in [1.29, 1.82) is 0 Å². The molecule has 2 rings (SSSR count). The first-order chi connectivity index (χ1) is 10.1. The Labute approximate surface area is 140 Å². The van der Waals surface area contributed by atoms with Crippen molar-refractivity contribution >= 4 is 27.5 Å². The molecular weight excluding hydrogens is 348 g/mol. The highest BCUT2D eigenvalue weighted by molar-refractivity contribution is 9.10. The Morgan fingerprint density at radius 2 is 2.14 bits per heavy atom. The number of nitrogens with zero attached hydrogens (tertiary/aromatic N) is 1. The lowest BCUT2D eigenvalue weighted by Crippen LogP contribution is -2.25. The Kier molecular flexibility index (Phi) is 6.22. The van der Waals surface area contributed by atoms with Crippen molar-refractivity contribution in [2.75, 3.05) is 6.54 Å². The van der Waals surface area contributed by atoms with Crippen LogP contribution in [-0.2, 0) is 6.42 Å². The number of nitrogens with one attached hydrogen (secondary N) is 1. The van der Waals surface area contributed by atoms with Crippen LogP contribution < -0.4 is 5.32 Å². The molecule has 4 heteroatoms. The number of benzene rings is 1. The van der Waals surface area contributed by atoms with Crippen LogP contribution in [0.25, 0.3) is 0 Å². The number of hydrogen-bond donors (Lipinski definition) is 1. The third-order valence-corrected chi connectivity index (χ3v) is 4.31. The molecule has 112 valence electrons. The van der Waals surface area contributed by atoms with Crippen molar-refractivity contribution in [2.24, 2.45) is 0 Å². The number of halogens is 2. The zero-order valence-electron chi connectivity index (χ0n) is 12.4. The Bertz CT molecular complexity index is 601. The van der Waals surface area contributed by atoms with Crippen molar-refractivity contribution in [1.82, 2.24) is 10.3 Å². The summed E-state index contributed by atoms with van der Waals surface area (Å²) in [6.07, 6.45) is 3.78. The van der Waals surface area contributed by atoms with Gasteiger partial charge >= 0.3 is 0 Å². The molecule has 0 saturated heterocycles. The molecule has 0 aliphatic heterocycles. The maximum atomic E-state index is 6.42. The quantitative estimate of drug-likeness (QED) is 0.769. The Balaban J connectivity index is 2.27. The smallest absolute Gasteiger partial charge is 0.0465 e. The van der Waals surface area contributed by atoms with Crippen LogP contribution in [0.1, 0.15) is 36.2 Å². The molecule has 1 unspecified atom stereocenters. The first kappa shape index (κ1) is 16.5. The summed E-state index contributed by atoms with van der Waals surface area (Å²) in [5.41, 5.74) is 3.46. The van der Waals surface area contributed by atoms with E-state index in [0.29, 0.717) is 0 Å². The largest absolute Gasteiger partial charge is 0.310 e. The van der Waals surface area contributed by atoms with E-state index in [0.717, 1.165) is 40.1 Å². The van der Waals surface area contributed by atoms with E-state index in [1.54, 1.807) is 0 Å². The number of aromatic nitrogens is 1. The highest BCUT2D eigenvalue weighted by atomic mass is 79.9. The van der Waals surface area contributed by atoms with Crippen LogP contribution in [0.2, 0.25) is 5.02 Å². The van der Waals surface area contributed by atoms with Gasteiger partial charge < -0.3 is 5.32 Å². The van der Waals surface area contributed by atoms with Crippen molar-refractivity contribution < 1.29 is 0 Å². The second-order valence-electron chi connectivity index (χ2n) is 5.14. The molecule has 0 radical (unpaired) electrons. The van der Waals surface area contributed by atoms with E-state index in [4.69, 9.17) is 11.6 Å². The maximum Gasteiger partial charge on any atom is 0.0465 e.